The van der Waals surface area contributed by atoms with E-state index < -0.39 is 0 Å². The monoisotopic (exact) mass is 294 g/mol. The fourth-order valence-corrected chi connectivity index (χ4v) is 2.09. The van der Waals surface area contributed by atoms with Crippen LogP contribution in [-0.2, 0) is 19.0 Å². The van der Waals surface area contributed by atoms with Crippen LogP contribution in [0.15, 0.2) is 34.6 Å². The normalized spacial score (nSPS) is 18.8. The second kappa shape index (κ2) is 8.67. The van der Waals surface area contributed by atoms with Crippen LogP contribution >= 0.6 is 0 Å². The molecule has 0 aromatic carbocycles. The number of methoxy groups -OCH3 is 1. The Kier molecular flexibility index (Phi) is 7.23. The molecule has 1 heterocycles. The molecule has 0 saturated heterocycles. The maximum Gasteiger partial charge on any atom is 0.338 e. The Morgan fingerprint density at radius 3 is 2.62 bits per heavy atom. The summed E-state index contributed by atoms with van der Waals surface area (Å²) in [6.07, 6.45) is 6.71. The highest BCUT2D eigenvalue weighted by molar-refractivity contribution is 5.91. The molecule has 0 aliphatic carbocycles. The minimum atomic E-state index is -0.328. The fourth-order valence-electron chi connectivity index (χ4n) is 2.09. The van der Waals surface area contributed by atoms with Crippen LogP contribution in [-0.4, -0.2) is 26.0 Å². The summed E-state index contributed by atoms with van der Waals surface area (Å²) in [5.41, 5.74) is 3.16. The smallest absolute Gasteiger partial charge is 0.338 e. The number of cyclic esters (lactones) is 1. The SMILES string of the molecule is COCOC1=C(C)C(=O)OC1CC=C(C)CCC=C(C)C. The van der Waals surface area contributed by atoms with Gasteiger partial charge in [0.15, 0.2) is 18.7 Å². The van der Waals surface area contributed by atoms with Crippen molar-refractivity contribution in [1.29, 1.82) is 0 Å². The van der Waals surface area contributed by atoms with Gasteiger partial charge in [-0.1, -0.05) is 23.3 Å². The first-order valence-corrected chi connectivity index (χ1v) is 7.28. The molecule has 0 fully saturated rings. The van der Waals surface area contributed by atoms with Crippen LogP contribution in [0.5, 0.6) is 0 Å². The third-order valence-electron chi connectivity index (χ3n) is 3.32. The van der Waals surface area contributed by atoms with E-state index in [0.717, 1.165) is 12.8 Å². The Bertz CT molecular complexity index is 453. The molecular formula is C17H26O4. The standard InChI is InChI=1S/C17H26O4/c1-12(2)7-6-8-13(3)9-10-15-16(20-11-19-5)14(4)17(18)21-15/h7,9,15H,6,8,10-11H2,1-5H3. The van der Waals surface area contributed by atoms with E-state index in [2.05, 4.69) is 32.9 Å². The van der Waals surface area contributed by atoms with Crippen molar-refractivity contribution in [3.8, 4) is 0 Å². The van der Waals surface area contributed by atoms with Gasteiger partial charge in [0.25, 0.3) is 0 Å². The maximum absolute atomic E-state index is 11.6. The highest BCUT2D eigenvalue weighted by Crippen LogP contribution is 2.26. The van der Waals surface area contributed by atoms with Crippen LogP contribution < -0.4 is 0 Å². The van der Waals surface area contributed by atoms with Crippen LogP contribution in [0, 0.1) is 0 Å². The average Bonchev–Trinajstić information content (AvgIpc) is 2.69. The number of carbonyl (C=O) groups is 1. The van der Waals surface area contributed by atoms with Crippen LogP contribution in [0.3, 0.4) is 0 Å². The lowest BCUT2D eigenvalue weighted by atomic mass is 10.1. The maximum atomic E-state index is 11.6. The van der Waals surface area contributed by atoms with Crippen molar-refractivity contribution < 1.29 is 19.0 Å². The van der Waals surface area contributed by atoms with Crippen molar-refractivity contribution in [3.63, 3.8) is 0 Å². The number of hydrogen-bond acceptors (Lipinski definition) is 4. The third kappa shape index (κ3) is 5.76. The minimum Gasteiger partial charge on any atom is -0.467 e. The lowest BCUT2D eigenvalue weighted by molar-refractivity contribution is -0.140. The summed E-state index contributed by atoms with van der Waals surface area (Å²) in [7, 11) is 1.55. The molecule has 0 amide bonds. The largest absolute Gasteiger partial charge is 0.467 e. The zero-order chi connectivity index (χ0) is 15.8. The van der Waals surface area contributed by atoms with E-state index in [4.69, 9.17) is 14.2 Å². The van der Waals surface area contributed by atoms with Gasteiger partial charge in [-0.05, 0) is 40.5 Å². The molecule has 0 bridgehead atoms. The summed E-state index contributed by atoms with van der Waals surface area (Å²) >= 11 is 0. The van der Waals surface area contributed by atoms with Gasteiger partial charge in [-0.25, -0.2) is 4.79 Å². The number of rotatable bonds is 8. The van der Waals surface area contributed by atoms with Gasteiger partial charge >= 0.3 is 5.97 Å². The molecule has 0 radical (unpaired) electrons. The van der Waals surface area contributed by atoms with E-state index in [1.165, 1.54) is 11.1 Å². The van der Waals surface area contributed by atoms with Crippen molar-refractivity contribution >= 4 is 5.97 Å². The molecule has 0 spiro atoms. The molecule has 21 heavy (non-hydrogen) atoms. The van der Waals surface area contributed by atoms with Crippen LogP contribution in [0.2, 0.25) is 0 Å². The number of esters is 1. The van der Waals surface area contributed by atoms with E-state index >= 15 is 0 Å². The second-order valence-electron chi connectivity index (χ2n) is 5.54. The minimum absolute atomic E-state index is 0.128. The molecule has 118 valence electrons. The molecule has 4 nitrogen and oxygen atoms in total. The summed E-state index contributed by atoms with van der Waals surface area (Å²) in [6.45, 7) is 8.15. The third-order valence-corrected chi connectivity index (χ3v) is 3.32. The molecule has 1 rings (SSSR count). The Balaban J connectivity index is 2.57. The number of carbonyl (C=O) groups excluding carboxylic acids is 1. The van der Waals surface area contributed by atoms with Gasteiger partial charge in [0.1, 0.15) is 0 Å². The Morgan fingerprint density at radius 2 is 2.00 bits per heavy atom. The molecule has 0 N–H and O–H groups in total. The Morgan fingerprint density at radius 1 is 1.29 bits per heavy atom. The van der Waals surface area contributed by atoms with Gasteiger partial charge in [-0.3, -0.25) is 0 Å². The van der Waals surface area contributed by atoms with E-state index in [0.29, 0.717) is 17.8 Å². The molecule has 0 aromatic rings. The first-order valence-electron chi connectivity index (χ1n) is 7.28. The second-order valence-corrected chi connectivity index (χ2v) is 5.54. The molecule has 4 heteroatoms. The molecular weight excluding hydrogens is 268 g/mol. The van der Waals surface area contributed by atoms with Crippen molar-refractivity contribution in [1.82, 2.24) is 0 Å². The van der Waals surface area contributed by atoms with Gasteiger partial charge in [0, 0.05) is 13.5 Å². The molecule has 1 atom stereocenters. The summed E-state index contributed by atoms with van der Waals surface area (Å²) in [6, 6.07) is 0. The fraction of sp³-hybridized carbons (Fsp3) is 0.588. The lowest BCUT2D eigenvalue weighted by Gasteiger charge is -2.13. The highest BCUT2D eigenvalue weighted by atomic mass is 16.7. The van der Waals surface area contributed by atoms with E-state index in [9.17, 15) is 4.79 Å². The number of hydrogen-bond donors (Lipinski definition) is 0. The molecule has 1 aliphatic rings. The number of allylic oxidation sites excluding steroid dienone is 3. The van der Waals surface area contributed by atoms with E-state index in [1.807, 2.05) is 0 Å². The van der Waals surface area contributed by atoms with Gasteiger partial charge in [-0.2, -0.15) is 0 Å². The molecule has 0 aromatic heterocycles. The van der Waals surface area contributed by atoms with Crippen molar-refractivity contribution in [2.24, 2.45) is 0 Å². The van der Waals surface area contributed by atoms with Gasteiger partial charge < -0.3 is 14.2 Å². The average molecular weight is 294 g/mol. The summed E-state index contributed by atoms with van der Waals surface area (Å²) in [5, 5.41) is 0. The number of ether oxygens (including phenoxy) is 3. The zero-order valence-electron chi connectivity index (χ0n) is 13.7. The summed E-state index contributed by atoms with van der Waals surface area (Å²) < 4.78 is 15.7. The molecule has 1 unspecified atom stereocenters. The zero-order valence-corrected chi connectivity index (χ0v) is 13.7. The Labute approximate surface area is 127 Å². The van der Waals surface area contributed by atoms with E-state index in [1.54, 1.807) is 14.0 Å². The highest BCUT2D eigenvalue weighted by Gasteiger charge is 2.32. The topological polar surface area (TPSA) is 44.8 Å². The lowest BCUT2D eigenvalue weighted by Crippen LogP contribution is -2.13. The van der Waals surface area contributed by atoms with Gasteiger partial charge in [-0.15, -0.1) is 0 Å². The van der Waals surface area contributed by atoms with E-state index in [-0.39, 0.29) is 18.9 Å². The predicted molar refractivity (Wildman–Crippen MR) is 82.6 cm³/mol. The van der Waals surface area contributed by atoms with Gasteiger partial charge in [0.05, 0.1) is 5.57 Å². The van der Waals surface area contributed by atoms with Gasteiger partial charge in [0.2, 0.25) is 0 Å². The van der Waals surface area contributed by atoms with Crippen LogP contribution in [0.1, 0.15) is 47.0 Å². The Hall–Kier alpha value is -1.55. The summed E-state index contributed by atoms with van der Waals surface area (Å²) in [4.78, 5) is 11.6. The van der Waals surface area contributed by atoms with Crippen molar-refractivity contribution in [3.05, 3.63) is 34.6 Å². The van der Waals surface area contributed by atoms with Crippen LogP contribution in [0.25, 0.3) is 0 Å². The first-order chi connectivity index (χ1) is 9.95. The van der Waals surface area contributed by atoms with Crippen LogP contribution in [0.4, 0.5) is 0 Å². The quantitative estimate of drug-likeness (QED) is 0.387. The predicted octanol–water partition coefficient (Wildman–Crippen LogP) is 3.89. The summed E-state index contributed by atoms with van der Waals surface area (Å²) in [5.74, 6) is 0.289. The molecule has 1 aliphatic heterocycles. The first kappa shape index (κ1) is 17.5. The molecule has 0 saturated carbocycles. The van der Waals surface area contributed by atoms with Crippen molar-refractivity contribution in [2.75, 3.05) is 13.9 Å². The van der Waals surface area contributed by atoms with Crippen molar-refractivity contribution in [2.45, 2.75) is 53.1 Å².